The standard InChI is InChI=1S/C11H8O2Si2/c14-10-5-9-7-3-1-2-4-8(7)11(10,13-9)6-12-15/h1-5,9H,6H2. The lowest BCUT2D eigenvalue weighted by molar-refractivity contribution is -0.0336. The molecule has 4 heteroatoms. The third-order valence-corrected chi connectivity index (χ3v) is 3.77. The van der Waals surface area contributed by atoms with Crippen molar-refractivity contribution in [2.24, 2.45) is 0 Å². The van der Waals surface area contributed by atoms with Gasteiger partial charge in [0, 0.05) is 0 Å². The van der Waals surface area contributed by atoms with E-state index in [1.807, 2.05) is 12.1 Å². The monoisotopic (exact) mass is 228 g/mol. The van der Waals surface area contributed by atoms with Crippen molar-refractivity contribution in [3.63, 3.8) is 0 Å². The number of hydrogen-bond acceptors (Lipinski definition) is 2. The summed E-state index contributed by atoms with van der Waals surface area (Å²) in [6, 6.07) is 8.25. The third kappa shape index (κ3) is 1.10. The fraction of sp³-hybridized carbons (Fsp3) is 0.273. The van der Waals surface area contributed by atoms with Crippen molar-refractivity contribution in [1.29, 1.82) is 0 Å². The smallest absolute Gasteiger partial charge is 0.246 e. The summed E-state index contributed by atoms with van der Waals surface area (Å²) in [5, 5.41) is 1.05. The summed E-state index contributed by atoms with van der Waals surface area (Å²) in [5.74, 6) is 0. The third-order valence-electron chi connectivity index (χ3n) is 3.06. The molecule has 2 unspecified atom stereocenters. The number of hydrogen-bond donors (Lipinski definition) is 0. The number of benzene rings is 1. The zero-order valence-electron chi connectivity index (χ0n) is 7.99. The van der Waals surface area contributed by atoms with Gasteiger partial charge in [-0.25, -0.2) is 0 Å². The molecule has 0 amide bonds. The van der Waals surface area contributed by atoms with Crippen LogP contribution >= 0.6 is 0 Å². The summed E-state index contributed by atoms with van der Waals surface area (Å²) in [4.78, 5) is 0. The Labute approximate surface area is 95.2 Å². The van der Waals surface area contributed by atoms with E-state index in [0.717, 1.165) is 5.20 Å². The molecule has 2 nitrogen and oxygen atoms in total. The first kappa shape index (κ1) is 9.53. The van der Waals surface area contributed by atoms with Gasteiger partial charge in [0.15, 0.2) is 0 Å². The molecule has 2 aliphatic rings. The molecule has 0 aliphatic carbocycles. The molecular formula is C11H8O2Si2. The fourth-order valence-electron chi connectivity index (χ4n) is 2.37. The highest BCUT2D eigenvalue weighted by Crippen LogP contribution is 2.53. The maximum absolute atomic E-state index is 5.99. The Morgan fingerprint density at radius 3 is 3.00 bits per heavy atom. The minimum absolute atomic E-state index is 0.0653. The van der Waals surface area contributed by atoms with E-state index in [1.54, 1.807) is 0 Å². The SMILES string of the molecule is [Si]OCC12OC(C=C1[Si])c1ccccc12. The van der Waals surface area contributed by atoms with Crippen LogP contribution < -0.4 is 0 Å². The van der Waals surface area contributed by atoms with Crippen LogP contribution in [0.2, 0.25) is 0 Å². The molecule has 0 aromatic heterocycles. The Balaban J connectivity index is 2.17. The van der Waals surface area contributed by atoms with Crippen LogP contribution in [0.1, 0.15) is 17.2 Å². The summed E-state index contributed by atoms with van der Waals surface area (Å²) in [7, 11) is 6.66. The highest BCUT2D eigenvalue weighted by Gasteiger charge is 2.49. The minimum atomic E-state index is -0.445. The van der Waals surface area contributed by atoms with Crippen LogP contribution in [0.3, 0.4) is 0 Å². The molecular weight excluding hydrogens is 220 g/mol. The Bertz CT molecular complexity index is 444. The van der Waals surface area contributed by atoms with E-state index in [2.05, 4.69) is 38.9 Å². The summed E-state index contributed by atoms with van der Waals surface area (Å²) in [6.45, 7) is 0.465. The normalized spacial score (nSPS) is 31.6. The van der Waals surface area contributed by atoms with E-state index < -0.39 is 5.60 Å². The Morgan fingerprint density at radius 1 is 1.40 bits per heavy atom. The summed E-state index contributed by atoms with van der Waals surface area (Å²) in [5.41, 5.74) is 1.99. The first-order chi connectivity index (χ1) is 7.28. The zero-order chi connectivity index (χ0) is 10.5. The van der Waals surface area contributed by atoms with Crippen LogP contribution in [-0.2, 0) is 14.8 Å². The second kappa shape index (κ2) is 3.15. The molecule has 0 N–H and O–H groups in total. The van der Waals surface area contributed by atoms with Crippen molar-refractivity contribution in [2.45, 2.75) is 11.7 Å². The molecule has 0 saturated carbocycles. The van der Waals surface area contributed by atoms with E-state index in [4.69, 9.17) is 9.16 Å². The molecule has 2 atom stereocenters. The van der Waals surface area contributed by atoms with E-state index in [-0.39, 0.29) is 6.10 Å². The molecule has 2 heterocycles. The maximum atomic E-state index is 5.99. The predicted molar refractivity (Wildman–Crippen MR) is 57.5 cm³/mol. The first-order valence-corrected chi connectivity index (χ1v) is 5.68. The molecule has 72 valence electrons. The van der Waals surface area contributed by atoms with Crippen LogP contribution in [0.5, 0.6) is 0 Å². The van der Waals surface area contributed by atoms with Crippen LogP contribution in [0, 0.1) is 0 Å². The lowest BCUT2D eigenvalue weighted by Gasteiger charge is -2.27. The van der Waals surface area contributed by atoms with Crippen LogP contribution in [0.15, 0.2) is 35.5 Å². The van der Waals surface area contributed by atoms with Gasteiger partial charge >= 0.3 is 0 Å². The van der Waals surface area contributed by atoms with E-state index in [0.29, 0.717) is 6.61 Å². The summed E-state index contributed by atoms with van der Waals surface area (Å²) >= 11 is 0. The lowest BCUT2D eigenvalue weighted by atomic mass is 9.87. The second-order valence-electron chi connectivity index (χ2n) is 3.82. The van der Waals surface area contributed by atoms with Crippen molar-refractivity contribution in [2.75, 3.05) is 6.61 Å². The number of fused-ring (bicyclic) bond motifs is 5. The van der Waals surface area contributed by atoms with Gasteiger partial charge in [0.25, 0.3) is 0 Å². The molecule has 1 aromatic rings. The average Bonchev–Trinajstić information content (AvgIpc) is 2.72. The predicted octanol–water partition coefficient (Wildman–Crippen LogP) is 1.12. The second-order valence-corrected chi connectivity index (χ2v) is 4.65. The van der Waals surface area contributed by atoms with Gasteiger partial charge in [0.1, 0.15) is 11.7 Å². The zero-order valence-corrected chi connectivity index (χ0v) is 9.99. The van der Waals surface area contributed by atoms with Gasteiger partial charge in [-0.15, -0.1) is 0 Å². The molecule has 0 fully saturated rings. The molecule has 1 aromatic carbocycles. The van der Waals surface area contributed by atoms with Gasteiger partial charge in [-0.3, -0.25) is 0 Å². The van der Waals surface area contributed by atoms with Crippen LogP contribution in [-0.4, -0.2) is 27.3 Å². The van der Waals surface area contributed by atoms with Gasteiger partial charge in [-0.1, -0.05) is 35.5 Å². The average molecular weight is 228 g/mol. The van der Waals surface area contributed by atoms with Crippen molar-refractivity contribution >= 4 is 20.7 Å². The fourth-order valence-corrected chi connectivity index (χ4v) is 2.99. The van der Waals surface area contributed by atoms with Crippen molar-refractivity contribution in [3.05, 3.63) is 46.7 Å². The molecule has 15 heavy (non-hydrogen) atoms. The maximum Gasteiger partial charge on any atom is 0.246 e. The van der Waals surface area contributed by atoms with Crippen molar-refractivity contribution in [1.82, 2.24) is 0 Å². The Hall–Kier alpha value is -0.686. The molecule has 2 bridgehead atoms. The highest BCUT2D eigenvalue weighted by atomic mass is 28.2. The minimum Gasteiger partial charge on any atom is -0.415 e. The molecule has 0 saturated heterocycles. The van der Waals surface area contributed by atoms with Gasteiger partial charge in [0.05, 0.1) is 16.8 Å². The Kier molecular flexibility index (Phi) is 2.00. The van der Waals surface area contributed by atoms with Crippen LogP contribution in [0.4, 0.5) is 0 Å². The molecule has 2 aliphatic heterocycles. The summed E-state index contributed by atoms with van der Waals surface area (Å²) in [6.07, 6.45) is 2.15. The molecule has 6 radical (unpaired) electrons. The van der Waals surface area contributed by atoms with E-state index >= 15 is 0 Å². The quantitative estimate of drug-likeness (QED) is 0.706. The van der Waals surface area contributed by atoms with Gasteiger partial charge < -0.3 is 9.16 Å². The number of ether oxygens (including phenoxy) is 1. The topological polar surface area (TPSA) is 18.5 Å². The molecule has 0 spiro atoms. The summed E-state index contributed by atoms with van der Waals surface area (Å²) < 4.78 is 11.1. The first-order valence-electron chi connectivity index (χ1n) is 4.77. The van der Waals surface area contributed by atoms with E-state index in [1.165, 1.54) is 11.1 Å². The van der Waals surface area contributed by atoms with E-state index in [9.17, 15) is 0 Å². The number of rotatable bonds is 2. The molecule has 3 rings (SSSR count). The van der Waals surface area contributed by atoms with Crippen LogP contribution in [0.25, 0.3) is 0 Å². The lowest BCUT2D eigenvalue weighted by Crippen LogP contribution is -2.32. The largest absolute Gasteiger partial charge is 0.415 e. The van der Waals surface area contributed by atoms with Gasteiger partial charge in [0.2, 0.25) is 10.5 Å². The van der Waals surface area contributed by atoms with Gasteiger partial charge in [-0.05, 0) is 11.1 Å². The highest BCUT2D eigenvalue weighted by molar-refractivity contribution is 6.23. The van der Waals surface area contributed by atoms with Crippen molar-refractivity contribution in [3.8, 4) is 0 Å². The van der Waals surface area contributed by atoms with Crippen molar-refractivity contribution < 1.29 is 9.16 Å². The Morgan fingerprint density at radius 2 is 2.20 bits per heavy atom. The van der Waals surface area contributed by atoms with Gasteiger partial charge in [-0.2, -0.15) is 0 Å².